The van der Waals surface area contributed by atoms with Crippen LogP contribution in [-0.2, 0) is 9.59 Å². The van der Waals surface area contributed by atoms with Crippen LogP contribution in [0.4, 0.5) is 0 Å². The van der Waals surface area contributed by atoms with Gasteiger partial charge >= 0.3 is 11.9 Å². The lowest BCUT2D eigenvalue weighted by Crippen LogP contribution is -2.13. The number of rotatable bonds is 8. The highest BCUT2D eigenvalue weighted by atomic mass is 16.6. The van der Waals surface area contributed by atoms with E-state index in [4.69, 9.17) is 18.9 Å². The average molecular weight is 382 g/mol. The van der Waals surface area contributed by atoms with Crippen LogP contribution in [0.2, 0.25) is 0 Å². The molecular formula is C21H18O7. The summed E-state index contributed by atoms with van der Waals surface area (Å²) in [6.07, 6.45) is 1.85. The number of hydrogen-bond donors (Lipinski definition) is 0. The molecule has 0 saturated heterocycles. The molecule has 2 aromatic rings. The second kappa shape index (κ2) is 9.18. The largest absolute Gasteiger partial charge is 0.492 e. The molecule has 0 radical (unpaired) electrons. The second-order valence-corrected chi connectivity index (χ2v) is 5.26. The summed E-state index contributed by atoms with van der Waals surface area (Å²) in [5, 5.41) is 0. The average Bonchev–Trinajstić information content (AvgIpc) is 2.73. The van der Waals surface area contributed by atoms with E-state index in [0.29, 0.717) is 5.56 Å². The lowest BCUT2D eigenvalue weighted by molar-refractivity contribution is -0.131. The minimum absolute atomic E-state index is 0.0154. The number of hydrogen-bond acceptors (Lipinski definition) is 7. The van der Waals surface area contributed by atoms with Crippen molar-refractivity contribution in [2.45, 2.75) is 0 Å². The highest BCUT2D eigenvalue weighted by molar-refractivity contribution is 6.12. The molecule has 0 fully saturated rings. The van der Waals surface area contributed by atoms with Gasteiger partial charge in [-0.1, -0.05) is 43.5 Å². The molecule has 144 valence electrons. The van der Waals surface area contributed by atoms with E-state index in [9.17, 15) is 14.4 Å². The first-order chi connectivity index (χ1) is 13.5. The lowest BCUT2D eigenvalue weighted by Gasteiger charge is -2.18. The smallest absolute Gasteiger partial charge is 0.335 e. The van der Waals surface area contributed by atoms with Crippen molar-refractivity contribution in [1.29, 1.82) is 0 Å². The van der Waals surface area contributed by atoms with Crippen molar-refractivity contribution in [3.8, 4) is 23.0 Å². The number of benzene rings is 2. The fraction of sp³-hybridized carbons (Fsp3) is 0.0952. The van der Waals surface area contributed by atoms with E-state index in [1.807, 2.05) is 0 Å². The topological polar surface area (TPSA) is 88.1 Å². The number of carbonyl (C=O) groups is 3. The molecule has 0 bridgehead atoms. The zero-order valence-corrected chi connectivity index (χ0v) is 15.4. The predicted octanol–water partition coefficient (Wildman–Crippen LogP) is 3.12. The first-order valence-corrected chi connectivity index (χ1v) is 8.04. The zero-order valence-electron chi connectivity index (χ0n) is 15.4. The van der Waals surface area contributed by atoms with Crippen LogP contribution in [0.3, 0.4) is 0 Å². The summed E-state index contributed by atoms with van der Waals surface area (Å²) in [5.74, 6) is -2.57. The van der Waals surface area contributed by atoms with Crippen molar-refractivity contribution in [2.24, 2.45) is 0 Å². The minimum atomic E-state index is -0.821. The molecule has 0 unspecified atom stereocenters. The number of methoxy groups -OCH3 is 2. The molecule has 0 atom stereocenters. The Hall–Kier alpha value is -3.87. The van der Waals surface area contributed by atoms with Crippen molar-refractivity contribution in [2.75, 3.05) is 14.2 Å². The fourth-order valence-electron chi connectivity index (χ4n) is 2.37. The first kappa shape index (κ1) is 20.4. The van der Waals surface area contributed by atoms with Crippen LogP contribution < -0.4 is 18.9 Å². The van der Waals surface area contributed by atoms with Crippen LogP contribution >= 0.6 is 0 Å². The van der Waals surface area contributed by atoms with Gasteiger partial charge in [-0.15, -0.1) is 0 Å². The maximum atomic E-state index is 13.0. The summed E-state index contributed by atoms with van der Waals surface area (Å²) in [6, 6.07) is 9.66. The second-order valence-electron chi connectivity index (χ2n) is 5.26. The van der Waals surface area contributed by atoms with Gasteiger partial charge in [-0.3, -0.25) is 4.79 Å². The van der Waals surface area contributed by atoms with Gasteiger partial charge in [0.2, 0.25) is 11.5 Å². The van der Waals surface area contributed by atoms with Gasteiger partial charge in [-0.25, -0.2) is 9.59 Å². The molecule has 0 spiro atoms. The summed E-state index contributed by atoms with van der Waals surface area (Å²) in [7, 11) is 2.62. The molecule has 28 heavy (non-hydrogen) atoms. The molecule has 0 aliphatic rings. The molecule has 0 aliphatic heterocycles. The van der Waals surface area contributed by atoms with E-state index < -0.39 is 17.7 Å². The number of ether oxygens (including phenoxy) is 4. The Labute approximate surface area is 161 Å². The minimum Gasteiger partial charge on any atom is -0.492 e. The lowest BCUT2D eigenvalue weighted by atomic mass is 10.0. The van der Waals surface area contributed by atoms with Gasteiger partial charge in [0.05, 0.1) is 19.8 Å². The van der Waals surface area contributed by atoms with Gasteiger partial charge < -0.3 is 18.9 Å². The van der Waals surface area contributed by atoms with Gasteiger partial charge in [0.15, 0.2) is 17.3 Å². The molecule has 0 aliphatic carbocycles. The Morgan fingerprint density at radius 3 is 1.93 bits per heavy atom. The van der Waals surface area contributed by atoms with Crippen molar-refractivity contribution >= 4 is 17.7 Å². The molecule has 2 rings (SSSR count). The predicted molar refractivity (Wildman–Crippen MR) is 101 cm³/mol. The maximum absolute atomic E-state index is 13.0. The van der Waals surface area contributed by atoms with Crippen molar-refractivity contribution < 1.29 is 33.3 Å². The molecule has 0 aromatic heterocycles. The zero-order chi connectivity index (χ0) is 20.7. The van der Waals surface area contributed by atoms with Gasteiger partial charge in [-0.2, -0.15) is 0 Å². The third-order valence-corrected chi connectivity index (χ3v) is 3.59. The third-order valence-electron chi connectivity index (χ3n) is 3.59. The molecule has 7 heteroatoms. The van der Waals surface area contributed by atoms with Gasteiger partial charge in [0.1, 0.15) is 0 Å². The monoisotopic (exact) mass is 382 g/mol. The van der Waals surface area contributed by atoms with Crippen LogP contribution in [0.5, 0.6) is 23.0 Å². The molecule has 7 nitrogen and oxygen atoms in total. The molecular weight excluding hydrogens is 364 g/mol. The Morgan fingerprint density at radius 1 is 0.821 bits per heavy atom. The molecule has 2 aromatic carbocycles. The van der Waals surface area contributed by atoms with Crippen molar-refractivity contribution in [3.63, 3.8) is 0 Å². The van der Waals surface area contributed by atoms with Crippen molar-refractivity contribution in [3.05, 3.63) is 72.8 Å². The Morgan fingerprint density at radius 2 is 1.39 bits per heavy atom. The van der Waals surface area contributed by atoms with Crippen LogP contribution in [0.15, 0.2) is 61.7 Å². The summed E-state index contributed by atoms with van der Waals surface area (Å²) in [5.41, 5.74) is 0.426. The van der Waals surface area contributed by atoms with E-state index in [0.717, 1.165) is 12.2 Å². The van der Waals surface area contributed by atoms with Crippen LogP contribution in [0.1, 0.15) is 15.9 Å². The van der Waals surface area contributed by atoms with E-state index in [1.165, 1.54) is 20.3 Å². The summed E-state index contributed by atoms with van der Waals surface area (Å²) in [6.45, 7) is 6.65. The van der Waals surface area contributed by atoms with Crippen LogP contribution in [0, 0.1) is 0 Å². The molecule has 0 saturated carbocycles. The Balaban J connectivity index is 2.74. The molecule has 0 N–H and O–H groups in total. The Kier molecular flexibility index (Phi) is 6.70. The van der Waals surface area contributed by atoms with Gasteiger partial charge in [-0.05, 0) is 0 Å². The maximum Gasteiger partial charge on any atom is 0.335 e. The first-order valence-electron chi connectivity index (χ1n) is 8.04. The van der Waals surface area contributed by atoms with E-state index in [1.54, 1.807) is 30.3 Å². The van der Waals surface area contributed by atoms with Gasteiger partial charge in [0.25, 0.3) is 0 Å². The van der Waals surface area contributed by atoms with Crippen LogP contribution in [0.25, 0.3) is 0 Å². The van der Waals surface area contributed by atoms with E-state index in [2.05, 4.69) is 13.2 Å². The summed E-state index contributed by atoms with van der Waals surface area (Å²) < 4.78 is 20.9. The number of ketones is 1. The third kappa shape index (κ3) is 4.27. The molecule has 0 heterocycles. The normalized spacial score (nSPS) is 9.79. The number of carbonyl (C=O) groups excluding carboxylic acids is 3. The van der Waals surface area contributed by atoms with Crippen LogP contribution in [-0.4, -0.2) is 31.9 Å². The fourth-order valence-corrected chi connectivity index (χ4v) is 2.37. The van der Waals surface area contributed by atoms with E-state index >= 15 is 0 Å². The highest BCUT2D eigenvalue weighted by Crippen LogP contribution is 2.47. The van der Waals surface area contributed by atoms with E-state index in [-0.39, 0.29) is 28.6 Å². The van der Waals surface area contributed by atoms with Gasteiger partial charge in [0, 0.05) is 23.8 Å². The number of esters is 2. The standard InChI is InChI=1S/C21H18O7/c1-5-16(22)27-15-12-14(18(24)13-10-8-7-9-11-13)19(25-3)21(26-4)20(15)28-17(23)6-2/h5-12H,1-2H2,3-4H3. The molecule has 0 amide bonds. The highest BCUT2D eigenvalue weighted by Gasteiger charge is 2.28. The quantitative estimate of drug-likeness (QED) is 0.300. The SMILES string of the molecule is C=CC(=O)Oc1cc(C(=O)c2ccccc2)c(OC)c(OC)c1OC(=O)C=C. The summed E-state index contributed by atoms with van der Waals surface area (Å²) in [4.78, 5) is 36.4. The summed E-state index contributed by atoms with van der Waals surface area (Å²) >= 11 is 0. The van der Waals surface area contributed by atoms with Crippen molar-refractivity contribution in [1.82, 2.24) is 0 Å². The Bertz CT molecular complexity index is 930.